The van der Waals surface area contributed by atoms with Crippen molar-refractivity contribution < 1.29 is 18.0 Å². The van der Waals surface area contributed by atoms with Crippen LogP contribution in [-0.2, 0) is 6.18 Å². The SMILES string of the molecule is Cc1cccc(C(=O)NC(NC(=S)Nc2cc(C(F)(F)F)ccc2Cl)C(Cl)(Cl)Cl)c1. The van der Waals surface area contributed by atoms with Crippen LogP contribution < -0.4 is 16.0 Å². The summed E-state index contributed by atoms with van der Waals surface area (Å²) in [5, 5.41) is 7.31. The average molecular weight is 519 g/mol. The number of amides is 1. The molecule has 162 valence electrons. The summed E-state index contributed by atoms with van der Waals surface area (Å²) in [6.45, 7) is 1.80. The molecule has 0 bridgehead atoms. The Morgan fingerprint density at radius 1 is 1.07 bits per heavy atom. The lowest BCUT2D eigenvalue weighted by Crippen LogP contribution is -2.56. The van der Waals surface area contributed by atoms with Gasteiger partial charge in [0, 0.05) is 5.56 Å². The Morgan fingerprint density at radius 2 is 1.73 bits per heavy atom. The fourth-order valence-electron chi connectivity index (χ4n) is 2.29. The summed E-state index contributed by atoms with van der Waals surface area (Å²) >= 11 is 28.8. The maximum Gasteiger partial charge on any atom is 0.416 e. The van der Waals surface area contributed by atoms with Crippen LogP contribution >= 0.6 is 58.6 Å². The van der Waals surface area contributed by atoms with Crippen LogP contribution in [0.25, 0.3) is 0 Å². The molecule has 0 aliphatic heterocycles. The number of carbonyl (C=O) groups excluding carboxylic acids is 1. The van der Waals surface area contributed by atoms with Gasteiger partial charge in [0.2, 0.25) is 3.79 Å². The summed E-state index contributed by atoms with van der Waals surface area (Å²) in [6, 6.07) is 9.37. The van der Waals surface area contributed by atoms with Gasteiger partial charge in [-0.05, 0) is 49.5 Å². The second-order valence-electron chi connectivity index (χ2n) is 6.11. The second kappa shape index (κ2) is 9.78. The topological polar surface area (TPSA) is 53.2 Å². The van der Waals surface area contributed by atoms with Crippen molar-refractivity contribution >= 4 is 75.3 Å². The van der Waals surface area contributed by atoms with E-state index in [9.17, 15) is 18.0 Å². The van der Waals surface area contributed by atoms with Gasteiger partial charge >= 0.3 is 6.18 Å². The van der Waals surface area contributed by atoms with Crippen molar-refractivity contribution in [1.29, 1.82) is 0 Å². The number of aryl methyl sites for hydroxylation is 1. The molecule has 0 fully saturated rings. The molecule has 0 aliphatic rings. The lowest BCUT2D eigenvalue weighted by molar-refractivity contribution is -0.137. The second-order valence-corrected chi connectivity index (χ2v) is 9.29. The lowest BCUT2D eigenvalue weighted by Gasteiger charge is -2.28. The third-order valence-electron chi connectivity index (χ3n) is 3.70. The third-order valence-corrected chi connectivity index (χ3v) is 4.90. The van der Waals surface area contributed by atoms with E-state index in [2.05, 4.69) is 16.0 Å². The molecule has 1 atom stereocenters. The van der Waals surface area contributed by atoms with Crippen molar-refractivity contribution in [2.45, 2.75) is 23.1 Å². The summed E-state index contributed by atoms with van der Waals surface area (Å²) in [4.78, 5) is 12.5. The van der Waals surface area contributed by atoms with Crippen molar-refractivity contribution in [2.24, 2.45) is 0 Å². The smallest absolute Gasteiger partial charge is 0.339 e. The van der Waals surface area contributed by atoms with Gasteiger partial charge in [0.25, 0.3) is 5.91 Å². The summed E-state index contributed by atoms with van der Waals surface area (Å²) < 4.78 is 36.7. The molecule has 3 N–H and O–H groups in total. The van der Waals surface area contributed by atoms with Gasteiger partial charge in [0.05, 0.1) is 16.3 Å². The minimum Gasteiger partial charge on any atom is -0.339 e. The molecule has 0 aliphatic carbocycles. The minimum absolute atomic E-state index is 0.0126. The Labute approximate surface area is 196 Å². The highest BCUT2D eigenvalue weighted by molar-refractivity contribution is 7.80. The molecule has 0 aromatic heterocycles. The molecule has 1 amide bonds. The number of hydrogen-bond donors (Lipinski definition) is 3. The number of hydrogen-bond acceptors (Lipinski definition) is 2. The molecule has 12 heteroatoms. The van der Waals surface area contributed by atoms with E-state index >= 15 is 0 Å². The van der Waals surface area contributed by atoms with Crippen LogP contribution in [0, 0.1) is 6.92 Å². The molecule has 1 unspecified atom stereocenters. The van der Waals surface area contributed by atoms with Gasteiger partial charge in [-0.1, -0.05) is 64.1 Å². The molecule has 2 rings (SSSR count). The first-order chi connectivity index (χ1) is 13.8. The van der Waals surface area contributed by atoms with Crippen LogP contribution in [0.2, 0.25) is 5.02 Å². The Morgan fingerprint density at radius 3 is 2.30 bits per heavy atom. The quantitative estimate of drug-likeness (QED) is 0.261. The van der Waals surface area contributed by atoms with E-state index in [-0.39, 0.29) is 15.8 Å². The highest BCUT2D eigenvalue weighted by atomic mass is 35.6. The van der Waals surface area contributed by atoms with E-state index in [4.69, 9.17) is 58.6 Å². The third kappa shape index (κ3) is 7.06. The van der Waals surface area contributed by atoms with Gasteiger partial charge in [0.15, 0.2) is 5.11 Å². The Bertz CT molecular complexity index is 951. The zero-order chi connectivity index (χ0) is 22.7. The van der Waals surface area contributed by atoms with E-state index < -0.39 is 27.6 Å². The highest BCUT2D eigenvalue weighted by Gasteiger charge is 2.35. The molecule has 0 saturated carbocycles. The monoisotopic (exact) mass is 517 g/mol. The summed E-state index contributed by atoms with van der Waals surface area (Å²) in [7, 11) is 0. The van der Waals surface area contributed by atoms with Crippen molar-refractivity contribution in [1.82, 2.24) is 10.6 Å². The van der Waals surface area contributed by atoms with Gasteiger partial charge in [-0.15, -0.1) is 0 Å². The molecular weight excluding hydrogens is 505 g/mol. The maximum absolute atomic E-state index is 12.9. The van der Waals surface area contributed by atoms with Gasteiger partial charge in [-0.25, -0.2) is 0 Å². The van der Waals surface area contributed by atoms with Gasteiger partial charge in [-0.3, -0.25) is 4.79 Å². The van der Waals surface area contributed by atoms with E-state index in [1.54, 1.807) is 31.2 Å². The Hall–Kier alpha value is -1.45. The number of halogens is 7. The minimum atomic E-state index is -4.57. The van der Waals surface area contributed by atoms with Crippen molar-refractivity contribution in [2.75, 3.05) is 5.32 Å². The summed E-state index contributed by atoms with van der Waals surface area (Å²) in [5.74, 6) is -0.553. The van der Waals surface area contributed by atoms with E-state index in [0.717, 1.165) is 23.8 Å². The fraction of sp³-hybridized carbons (Fsp3) is 0.222. The van der Waals surface area contributed by atoms with Gasteiger partial charge in [0.1, 0.15) is 6.17 Å². The number of rotatable bonds is 4. The molecule has 2 aromatic carbocycles. The Balaban J connectivity index is 2.16. The molecule has 0 spiro atoms. The zero-order valence-electron chi connectivity index (χ0n) is 15.1. The number of nitrogens with one attached hydrogen (secondary N) is 3. The van der Waals surface area contributed by atoms with Crippen LogP contribution in [-0.4, -0.2) is 21.0 Å². The molecule has 4 nitrogen and oxygen atoms in total. The first-order valence-corrected chi connectivity index (χ1v) is 10.1. The molecule has 0 radical (unpaired) electrons. The fourth-order valence-corrected chi connectivity index (χ4v) is 3.01. The maximum atomic E-state index is 12.9. The van der Waals surface area contributed by atoms with Crippen LogP contribution in [0.5, 0.6) is 0 Å². The summed E-state index contributed by atoms with van der Waals surface area (Å²) in [5.41, 5.74) is 0.119. The van der Waals surface area contributed by atoms with Crippen LogP contribution in [0.1, 0.15) is 21.5 Å². The van der Waals surface area contributed by atoms with Crippen LogP contribution in [0.4, 0.5) is 18.9 Å². The first kappa shape index (κ1) is 24.8. The standard InChI is InChI=1S/C18H14Cl4F3N3OS/c1-9-3-2-4-10(7-9)14(29)27-15(17(20,21)22)28-16(30)26-13-8-11(18(23,24)25)5-6-12(13)19/h2-8,15H,1H3,(H,27,29)(H2,26,28,30). The zero-order valence-corrected chi connectivity index (χ0v) is 18.9. The van der Waals surface area contributed by atoms with Crippen LogP contribution in [0.15, 0.2) is 42.5 Å². The van der Waals surface area contributed by atoms with E-state index in [1.807, 2.05) is 0 Å². The number of anilines is 1. The molecule has 2 aromatic rings. The molecular formula is C18H14Cl4F3N3OS. The van der Waals surface area contributed by atoms with Gasteiger partial charge < -0.3 is 16.0 Å². The van der Waals surface area contributed by atoms with E-state index in [0.29, 0.717) is 5.56 Å². The average Bonchev–Trinajstić information content (AvgIpc) is 2.61. The highest BCUT2D eigenvalue weighted by Crippen LogP contribution is 2.34. The number of benzene rings is 2. The summed E-state index contributed by atoms with van der Waals surface area (Å²) in [6.07, 6.45) is -5.88. The van der Waals surface area contributed by atoms with E-state index in [1.165, 1.54) is 0 Å². The normalized spacial score (nSPS) is 12.8. The first-order valence-electron chi connectivity index (χ1n) is 8.16. The van der Waals surface area contributed by atoms with Crippen molar-refractivity contribution in [3.8, 4) is 0 Å². The Kier molecular flexibility index (Phi) is 8.09. The molecule has 30 heavy (non-hydrogen) atoms. The molecule has 0 saturated heterocycles. The number of thiocarbonyl (C=S) groups is 1. The predicted molar refractivity (Wildman–Crippen MR) is 119 cm³/mol. The van der Waals surface area contributed by atoms with Crippen LogP contribution in [0.3, 0.4) is 0 Å². The molecule has 0 heterocycles. The number of carbonyl (C=O) groups is 1. The number of alkyl halides is 6. The lowest BCUT2D eigenvalue weighted by atomic mass is 10.1. The largest absolute Gasteiger partial charge is 0.416 e. The predicted octanol–water partition coefficient (Wildman–Crippen LogP) is 6.08. The van der Waals surface area contributed by atoms with Gasteiger partial charge in [-0.2, -0.15) is 13.2 Å². The van der Waals surface area contributed by atoms with Crippen molar-refractivity contribution in [3.05, 3.63) is 64.2 Å². The van der Waals surface area contributed by atoms with Crippen molar-refractivity contribution in [3.63, 3.8) is 0 Å².